The molecule has 1 N–H and O–H groups in total. The second-order valence-electron chi connectivity index (χ2n) is 7.82. The van der Waals surface area contributed by atoms with Gasteiger partial charge in [-0.1, -0.05) is 55.3 Å². The first-order valence-electron chi connectivity index (χ1n) is 10.5. The molecule has 2 heterocycles. The quantitative estimate of drug-likeness (QED) is 0.835. The number of nitrogens with zero attached hydrogens (tertiary/aromatic N) is 3. The Bertz CT molecular complexity index is 911. The lowest BCUT2D eigenvalue weighted by atomic mass is 9.93. The van der Waals surface area contributed by atoms with Crippen molar-refractivity contribution < 1.29 is 4.79 Å². The van der Waals surface area contributed by atoms with Crippen LogP contribution >= 0.6 is 0 Å². The topological polar surface area (TPSA) is 57.1 Å². The van der Waals surface area contributed by atoms with Crippen molar-refractivity contribution in [3.63, 3.8) is 0 Å². The van der Waals surface area contributed by atoms with Crippen molar-refractivity contribution in [2.45, 2.75) is 38.5 Å². The predicted molar refractivity (Wildman–Crippen MR) is 119 cm³/mol. The Morgan fingerprint density at radius 3 is 2.24 bits per heavy atom. The van der Waals surface area contributed by atoms with Crippen LogP contribution < -0.4 is 5.32 Å². The van der Waals surface area contributed by atoms with Gasteiger partial charge in [-0.15, -0.1) is 0 Å². The van der Waals surface area contributed by atoms with Gasteiger partial charge in [0.2, 0.25) is 5.91 Å². The Labute approximate surface area is 172 Å². The largest absolute Gasteiger partial charge is 0.312 e. The summed E-state index contributed by atoms with van der Waals surface area (Å²) in [6.07, 6.45) is 4.85. The normalized spacial score (nSPS) is 20.0. The molecule has 0 bridgehead atoms. The van der Waals surface area contributed by atoms with Crippen LogP contribution in [0, 0.1) is 0 Å². The van der Waals surface area contributed by atoms with Crippen molar-refractivity contribution in [3.05, 3.63) is 60.2 Å². The standard InChI is InChI=1S/C24H28N4O/c1-18-23(19-11-5-4-6-12-19)24(26-21-14-8-7-13-20(21)25-18)27-22(29)17-28-15-9-2-3-10-16-28/h4-8,11-14,23H,2-3,9-10,15-17H2,1H3,(H,26,27,29)/t23-/m1/s1. The van der Waals surface area contributed by atoms with E-state index in [2.05, 4.69) is 22.3 Å². The predicted octanol–water partition coefficient (Wildman–Crippen LogP) is 4.60. The summed E-state index contributed by atoms with van der Waals surface area (Å²) in [5.41, 5.74) is 3.63. The van der Waals surface area contributed by atoms with Crippen LogP contribution in [0.1, 0.15) is 44.1 Å². The molecule has 1 amide bonds. The molecule has 0 saturated carbocycles. The van der Waals surface area contributed by atoms with E-state index in [0.29, 0.717) is 12.4 Å². The molecule has 29 heavy (non-hydrogen) atoms. The van der Waals surface area contributed by atoms with Gasteiger partial charge in [0, 0.05) is 5.71 Å². The van der Waals surface area contributed by atoms with E-state index in [0.717, 1.165) is 35.7 Å². The highest BCUT2D eigenvalue weighted by Gasteiger charge is 2.26. The smallest absolute Gasteiger partial charge is 0.239 e. The van der Waals surface area contributed by atoms with Crippen molar-refractivity contribution in [2.75, 3.05) is 19.6 Å². The van der Waals surface area contributed by atoms with Gasteiger partial charge in [-0.3, -0.25) is 14.7 Å². The first kappa shape index (κ1) is 19.5. The SMILES string of the molecule is CC1=Nc2ccccc2N=C(NC(=O)CN2CCCCCC2)[C@H]1c1ccccc1. The summed E-state index contributed by atoms with van der Waals surface area (Å²) in [7, 11) is 0. The molecule has 1 fully saturated rings. The van der Waals surface area contributed by atoms with Gasteiger partial charge in [-0.2, -0.15) is 0 Å². The van der Waals surface area contributed by atoms with Crippen molar-refractivity contribution in [2.24, 2.45) is 9.98 Å². The summed E-state index contributed by atoms with van der Waals surface area (Å²) < 4.78 is 0. The van der Waals surface area contributed by atoms with Gasteiger partial charge in [0.05, 0.1) is 23.8 Å². The van der Waals surface area contributed by atoms with Crippen molar-refractivity contribution in [1.29, 1.82) is 0 Å². The fraction of sp³-hybridized carbons (Fsp3) is 0.375. The van der Waals surface area contributed by atoms with Crippen LogP contribution in [0.5, 0.6) is 0 Å². The van der Waals surface area contributed by atoms with E-state index in [1.807, 2.05) is 49.4 Å². The molecular weight excluding hydrogens is 360 g/mol. The third kappa shape index (κ3) is 4.80. The third-order valence-corrected chi connectivity index (χ3v) is 5.58. The number of likely N-dealkylation sites (tertiary alicyclic amines) is 1. The molecule has 4 rings (SSSR count). The van der Waals surface area contributed by atoms with Gasteiger partial charge in [0.15, 0.2) is 0 Å². The number of rotatable bonds is 3. The van der Waals surface area contributed by atoms with E-state index in [1.165, 1.54) is 25.7 Å². The monoisotopic (exact) mass is 388 g/mol. The minimum Gasteiger partial charge on any atom is -0.312 e. The van der Waals surface area contributed by atoms with E-state index in [9.17, 15) is 4.79 Å². The molecule has 0 spiro atoms. The molecule has 150 valence electrons. The minimum atomic E-state index is -0.170. The molecule has 2 aliphatic rings. The molecule has 5 heteroatoms. The van der Waals surface area contributed by atoms with E-state index in [-0.39, 0.29) is 11.8 Å². The van der Waals surface area contributed by atoms with Gasteiger partial charge in [-0.05, 0) is 50.6 Å². The molecule has 0 radical (unpaired) electrons. The zero-order chi connectivity index (χ0) is 20.1. The lowest BCUT2D eigenvalue weighted by Crippen LogP contribution is -2.43. The highest BCUT2D eigenvalue weighted by atomic mass is 16.2. The third-order valence-electron chi connectivity index (χ3n) is 5.58. The first-order valence-corrected chi connectivity index (χ1v) is 10.5. The molecule has 5 nitrogen and oxygen atoms in total. The number of aliphatic imine (C=N–C) groups is 2. The number of nitrogens with one attached hydrogen (secondary N) is 1. The second kappa shape index (κ2) is 9.14. The van der Waals surface area contributed by atoms with Gasteiger partial charge >= 0.3 is 0 Å². The van der Waals surface area contributed by atoms with Gasteiger partial charge in [0.25, 0.3) is 0 Å². The number of fused-ring (bicyclic) bond motifs is 1. The van der Waals surface area contributed by atoms with E-state index >= 15 is 0 Å². The Kier molecular flexibility index (Phi) is 6.15. The Hall–Kier alpha value is -2.79. The Balaban J connectivity index is 1.63. The fourth-order valence-corrected chi connectivity index (χ4v) is 4.12. The molecule has 2 aliphatic heterocycles. The molecule has 0 aromatic heterocycles. The number of benzene rings is 2. The van der Waals surface area contributed by atoms with Crippen LogP contribution in [0.15, 0.2) is 64.6 Å². The van der Waals surface area contributed by atoms with Crippen molar-refractivity contribution in [1.82, 2.24) is 10.2 Å². The summed E-state index contributed by atoms with van der Waals surface area (Å²) in [4.78, 5) is 24.9. The number of carbonyl (C=O) groups excluding carboxylic acids is 1. The molecule has 0 unspecified atom stereocenters. The van der Waals surface area contributed by atoms with Crippen LogP contribution in [-0.4, -0.2) is 42.0 Å². The number of hydrogen-bond acceptors (Lipinski definition) is 4. The molecule has 2 aromatic rings. The Morgan fingerprint density at radius 1 is 0.931 bits per heavy atom. The van der Waals surface area contributed by atoms with Crippen molar-refractivity contribution in [3.8, 4) is 0 Å². The highest BCUT2D eigenvalue weighted by molar-refractivity contribution is 6.17. The van der Waals surface area contributed by atoms with Crippen LogP contribution in [0.25, 0.3) is 0 Å². The maximum absolute atomic E-state index is 12.9. The highest BCUT2D eigenvalue weighted by Crippen LogP contribution is 2.34. The maximum Gasteiger partial charge on any atom is 0.239 e. The molecule has 1 atom stereocenters. The Morgan fingerprint density at radius 2 is 1.55 bits per heavy atom. The first-order chi connectivity index (χ1) is 14.2. The lowest BCUT2D eigenvalue weighted by molar-refractivity contribution is -0.120. The molecule has 0 aliphatic carbocycles. The van der Waals surface area contributed by atoms with Crippen molar-refractivity contribution >= 4 is 28.8 Å². The molecular formula is C24H28N4O. The maximum atomic E-state index is 12.9. The van der Waals surface area contributed by atoms with E-state index in [4.69, 9.17) is 9.98 Å². The average Bonchev–Trinajstić information content (AvgIpc) is 3.05. The van der Waals surface area contributed by atoms with Gasteiger partial charge < -0.3 is 5.32 Å². The number of hydrogen-bond donors (Lipinski definition) is 1. The number of amides is 1. The zero-order valence-corrected chi connectivity index (χ0v) is 17.0. The van der Waals surface area contributed by atoms with Crippen LogP contribution in [0.4, 0.5) is 11.4 Å². The average molecular weight is 389 g/mol. The fourth-order valence-electron chi connectivity index (χ4n) is 4.12. The summed E-state index contributed by atoms with van der Waals surface area (Å²) in [6.45, 7) is 4.41. The van der Waals surface area contributed by atoms with Crippen LogP contribution in [0.2, 0.25) is 0 Å². The summed E-state index contributed by atoms with van der Waals surface area (Å²) in [5, 5.41) is 3.14. The van der Waals surface area contributed by atoms with Gasteiger partial charge in [0.1, 0.15) is 5.84 Å². The molecule has 1 saturated heterocycles. The van der Waals surface area contributed by atoms with Crippen LogP contribution in [0.3, 0.4) is 0 Å². The van der Waals surface area contributed by atoms with Gasteiger partial charge in [-0.25, -0.2) is 4.99 Å². The summed E-state index contributed by atoms with van der Waals surface area (Å²) >= 11 is 0. The van der Waals surface area contributed by atoms with E-state index in [1.54, 1.807) is 0 Å². The lowest BCUT2D eigenvalue weighted by Gasteiger charge is -2.22. The van der Waals surface area contributed by atoms with Crippen LogP contribution in [-0.2, 0) is 4.79 Å². The van der Waals surface area contributed by atoms with E-state index < -0.39 is 0 Å². The zero-order valence-electron chi connectivity index (χ0n) is 17.0. The number of amidine groups is 1. The number of carbonyl (C=O) groups is 1. The second-order valence-corrected chi connectivity index (χ2v) is 7.82. The summed E-state index contributed by atoms with van der Waals surface area (Å²) in [5.74, 6) is 0.484. The molecule has 2 aromatic carbocycles. The summed E-state index contributed by atoms with van der Waals surface area (Å²) in [6, 6.07) is 18.0. The minimum absolute atomic E-state index is 0.00115. The number of para-hydroxylation sites is 2.